The van der Waals surface area contributed by atoms with Crippen LogP contribution in [0.25, 0.3) is 0 Å². The first kappa shape index (κ1) is 41.1. The number of rotatable bonds is 34. The zero-order valence-corrected chi connectivity index (χ0v) is 28.5. The lowest BCUT2D eigenvalue weighted by Crippen LogP contribution is -2.45. The predicted molar refractivity (Wildman–Crippen MR) is 184 cm³/mol. The molecule has 0 aliphatic rings. The van der Waals surface area contributed by atoms with Crippen molar-refractivity contribution in [2.45, 2.75) is 219 Å². The van der Waals surface area contributed by atoms with Crippen molar-refractivity contribution in [1.82, 2.24) is 5.32 Å². The molecule has 0 bridgehead atoms. The third kappa shape index (κ3) is 30.6. The minimum Gasteiger partial charge on any atom is -0.394 e. The molecule has 1 amide bonds. The van der Waals surface area contributed by atoms with Crippen molar-refractivity contribution >= 4 is 5.91 Å². The molecule has 0 aromatic carbocycles. The van der Waals surface area contributed by atoms with Crippen molar-refractivity contribution in [3.63, 3.8) is 0 Å². The maximum atomic E-state index is 12.3. The van der Waals surface area contributed by atoms with Gasteiger partial charge >= 0.3 is 0 Å². The highest BCUT2D eigenvalue weighted by atomic mass is 16.3. The first-order valence-electron chi connectivity index (χ1n) is 18.9. The van der Waals surface area contributed by atoms with E-state index in [1.807, 2.05) is 0 Å². The van der Waals surface area contributed by atoms with Crippen molar-refractivity contribution < 1.29 is 15.0 Å². The Labute approximate surface area is 263 Å². The molecule has 4 heteroatoms. The summed E-state index contributed by atoms with van der Waals surface area (Å²) in [5.41, 5.74) is 0. The normalized spacial score (nSPS) is 13.1. The van der Waals surface area contributed by atoms with Crippen LogP contribution in [-0.4, -0.2) is 34.9 Å². The van der Waals surface area contributed by atoms with Crippen LogP contribution in [0.1, 0.15) is 206 Å². The monoisotopic (exact) mass is 594 g/mol. The van der Waals surface area contributed by atoms with E-state index in [9.17, 15) is 15.0 Å². The van der Waals surface area contributed by atoms with Gasteiger partial charge in [0, 0.05) is 6.42 Å². The molecule has 0 heterocycles. The molecule has 0 radical (unpaired) electrons. The van der Waals surface area contributed by atoms with Crippen molar-refractivity contribution in [2.75, 3.05) is 6.61 Å². The van der Waals surface area contributed by atoms with E-state index in [-0.39, 0.29) is 12.5 Å². The highest BCUT2D eigenvalue weighted by Gasteiger charge is 2.19. The zero-order chi connectivity index (χ0) is 30.8. The largest absolute Gasteiger partial charge is 0.394 e. The molecule has 42 heavy (non-hydrogen) atoms. The Morgan fingerprint density at radius 2 is 0.905 bits per heavy atom. The fourth-order valence-corrected chi connectivity index (χ4v) is 5.82. The summed E-state index contributed by atoms with van der Waals surface area (Å²) in [4.78, 5) is 12.3. The Morgan fingerprint density at radius 3 is 1.33 bits per heavy atom. The minimum absolute atomic E-state index is 0.0403. The van der Waals surface area contributed by atoms with Crippen LogP contribution >= 0.6 is 0 Å². The number of nitrogens with one attached hydrogen (secondary N) is 1. The molecule has 0 aromatic rings. The Hall–Kier alpha value is -0.870. The minimum atomic E-state index is -0.657. The average Bonchev–Trinajstić information content (AvgIpc) is 2.99. The molecule has 0 aromatic heterocycles. The van der Waals surface area contributed by atoms with E-state index in [1.54, 1.807) is 0 Å². The molecule has 2 atom stereocenters. The number of hydrogen-bond acceptors (Lipinski definition) is 3. The zero-order valence-electron chi connectivity index (χ0n) is 28.5. The number of aliphatic hydroxyl groups is 2. The Kier molecular flexibility index (Phi) is 33.9. The van der Waals surface area contributed by atoms with Crippen LogP contribution in [0.15, 0.2) is 12.2 Å². The van der Waals surface area contributed by atoms with E-state index in [0.29, 0.717) is 12.8 Å². The van der Waals surface area contributed by atoms with Crippen LogP contribution in [0.3, 0.4) is 0 Å². The van der Waals surface area contributed by atoms with Crippen molar-refractivity contribution in [1.29, 1.82) is 0 Å². The maximum absolute atomic E-state index is 12.3. The van der Waals surface area contributed by atoms with Gasteiger partial charge in [0.1, 0.15) is 0 Å². The lowest BCUT2D eigenvalue weighted by molar-refractivity contribution is -0.123. The van der Waals surface area contributed by atoms with Gasteiger partial charge in [0.2, 0.25) is 5.91 Å². The number of carbonyl (C=O) groups excluding carboxylic acids is 1. The summed E-state index contributed by atoms with van der Waals surface area (Å²) >= 11 is 0. The van der Waals surface area contributed by atoms with Crippen LogP contribution in [-0.2, 0) is 4.79 Å². The van der Waals surface area contributed by atoms with Crippen LogP contribution in [0.5, 0.6) is 0 Å². The molecule has 250 valence electrons. The van der Waals surface area contributed by atoms with Crippen molar-refractivity contribution in [3.05, 3.63) is 12.2 Å². The molecule has 0 spiro atoms. The van der Waals surface area contributed by atoms with Gasteiger partial charge in [0.25, 0.3) is 0 Å². The lowest BCUT2D eigenvalue weighted by Gasteiger charge is -2.22. The molecular weight excluding hydrogens is 518 g/mol. The van der Waals surface area contributed by atoms with Gasteiger partial charge < -0.3 is 15.5 Å². The van der Waals surface area contributed by atoms with Crippen LogP contribution in [0, 0.1) is 0 Å². The quantitative estimate of drug-likeness (QED) is 0.0513. The molecule has 0 aliphatic carbocycles. The fraction of sp³-hybridized carbons (Fsp3) is 0.921. The molecule has 0 aliphatic heterocycles. The molecule has 0 saturated heterocycles. The summed E-state index contributed by atoms with van der Waals surface area (Å²) in [6, 6.07) is -0.535. The van der Waals surface area contributed by atoms with E-state index in [2.05, 4.69) is 31.3 Å². The Balaban J connectivity index is 3.54. The lowest BCUT2D eigenvalue weighted by atomic mass is 10.0. The number of amides is 1. The summed E-state index contributed by atoms with van der Waals surface area (Å²) in [5, 5.41) is 23.0. The third-order valence-corrected chi connectivity index (χ3v) is 8.78. The highest BCUT2D eigenvalue weighted by molar-refractivity contribution is 5.76. The van der Waals surface area contributed by atoms with Gasteiger partial charge in [-0.1, -0.05) is 174 Å². The number of aliphatic hydroxyl groups excluding tert-OH is 2. The summed E-state index contributed by atoms with van der Waals surface area (Å²) in [7, 11) is 0. The van der Waals surface area contributed by atoms with Crippen molar-refractivity contribution in [3.8, 4) is 0 Å². The van der Waals surface area contributed by atoms with Crippen molar-refractivity contribution in [2.24, 2.45) is 0 Å². The maximum Gasteiger partial charge on any atom is 0.220 e. The number of unbranched alkanes of at least 4 members (excludes halogenated alkanes) is 25. The molecule has 0 fully saturated rings. The Bertz CT molecular complexity index is 565. The number of carbonyl (C=O) groups is 1. The molecular formula is C38H75NO3. The first-order chi connectivity index (χ1) is 20.7. The molecule has 0 saturated carbocycles. The fourth-order valence-electron chi connectivity index (χ4n) is 5.82. The van der Waals surface area contributed by atoms with E-state index in [4.69, 9.17) is 0 Å². The van der Waals surface area contributed by atoms with Crippen LogP contribution in [0.4, 0.5) is 0 Å². The molecule has 0 rings (SSSR count). The molecule has 3 N–H and O–H groups in total. The summed E-state index contributed by atoms with van der Waals surface area (Å²) < 4.78 is 0. The van der Waals surface area contributed by atoms with Gasteiger partial charge in [-0.05, 0) is 38.5 Å². The van der Waals surface area contributed by atoms with Gasteiger partial charge in [-0.15, -0.1) is 0 Å². The smallest absolute Gasteiger partial charge is 0.220 e. The number of hydrogen-bond donors (Lipinski definition) is 3. The van der Waals surface area contributed by atoms with Gasteiger partial charge in [-0.2, -0.15) is 0 Å². The topological polar surface area (TPSA) is 69.6 Å². The highest BCUT2D eigenvalue weighted by Crippen LogP contribution is 2.15. The molecule has 0 unspecified atom stereocenters. The van der Waals surface area contributed by atoms with E-state index in [1.165, 1.54) is 154 Å². The van der Waals surface area contributed by atoms with Gasteiger partial charge in [-0.25, -0.2) is 0 Å². The summed E-state index contributed by atoms with van der Waals surface area (Å²) in [6.45, 7) is 4.34. The second kappa shape index (κ2) is 34.6. The van der Waals surface area contributed by atoms with E-state index in [0.717, 1.165) is 25.7 Å². The predicted octanol–water partition coefficient (Wildman–Crippen LogP) is 11.1. The SMILES string of the molecule is CCCCCC/C=C/CCCCCCCC(=O)N[C@@H](CO)[C@H](O)CCCCCCCCCCCCCCCCCCC. The first-order valence-corrected chi connectivity index (χ1v) is 18.9. The van der Waals surface area contributed by atoms with Crippen LogP contribution in [0.2, 0.25) is 0 Å². The van der Waals surface area contributed by atoms with Crippen LogP contribution < -0.4 is 5.32 Å². The van der Waals surface area contributed by atoms with Gasteiger partial charge in [0.05, 0.1) is 18.8 Å². The Morgan fingerprint density at radius 1 is 0.548 bits per heavy atom. The summed E-state index contributed by atoms with van der Waals surface area (Å²) in [6.07, 6.45) is 41.2. The van der Waals surface area contributed by atoms with Gasteiger partial charge in [0.15, 0.2) is 0 Å². The standard InChI is InChI=1S/C38H75NO3/c1-3-5-7-9-11-13-15-17-18-19-20-22-23-25-27-29-31-33-37(41)36(35-40)39-38(42)34-32-30-28-26-24-21-16-14-12-10-8-6-4-2/h14,16,36-37,40-41H,3-13,15,17-35H2,1-2H3,(H,39,42)/b16-14+/t36-,37+/m0/s1. The van der Waals surface area contributed by atoms with Gasteiger partial charge in [-0.3, -0.25) is 4.79 Å². The average molecular weight is 594 g/mol. The second-order valence-corrected chi connectivity index (χ2v) is 13.0. The molecule has 4 nitrogen and oxygen atoms in total. The van der Waals surface area contributed by atoms with E-state index >= 15 is 0 Å². The number of allylic oxidation sites excluding steroid dienone is 2. The second-order valence-electron chi connectivity index (χ2n) is 13.0. The summed E-state index contributed by atoms with van der Waals surface area (Å²) in [5.74, 6) is -0.0403. The van der Waals surface area contributed by atoms with E-state index < -0.39 is 12.1 Å². The third-order valence-electron chi connectivity index (χ3n) is 8.78.